The Labute approximate surface area is 99.3 Å². The Hall–Kier alpha value is -2.30. The van der Waals surface area contributed by atoms with Crippen molar-refractivity contribution in [2.45, 2.75) is 6.92 Å². The molecular weight excluding hydrogens is 216 g/mol. The molecule has 0 aliphatic heterocycles. The molecule has 1 aromatic heterocycles. The SMILES string of the molecule is CNC(=O)c1ccc(-n2ccnc2C)c(N)c1. The highest BCUT2D eigenvalue weighted by atomic mass is 16.1. The maximum absolute atomic E-state index is 11.4. The zero-order chi connectivity index (χ0) is 12.4. The number of amides is 1. The van der Waals surface area contributed by atoms with Gasteiger partial charge in [-0.05, 0) is 25.1 Å². The van der Waals surface area contributed by atoms with Gasteiger partial charge in [0.1, 0.15) is 5.82 Å². The summed E-state index contributed by atoms with van der Waals surface area (Å²) in [5, 5.41) is 2.56. The molecule has 3 N–H and O–H groups in total. The van der Waals surface area contributed by atoms with Crippen molar-refractivity contribution >= 4 is 11.6 Å². The first kappa shape index (κ1) is 11.2. The van der Waals surface area contributed by atoms with Gasteiger partial charge in [0.25, 0.3) is 5.91 Å². The van der Waals surface area contributed by atoms with Crippen molar-refractivity contribution in [3.05, 3.63) is 42.0 Å². The molecule has 0 saturated heterocycles. The lowest BCUT2D eigenvalue weighted by Crippen LogP contribution is -2.18. The number of rotatable bonds is 2. The van der Waals surface area contributed by atoms with Gasteiger partial charge in [-0.25, -0.2) is 4.98 Å². The molecule has 2 rings (SSSR count). The van der Waals surface area contributed by atoms with E-state index in [1.807, 2.05) is 23.8 Å². The van der Waals surface area contributed by atoms with Crippen LogP contribution in [0.2, 0.25) is 0 Å². The molecule has 0 spiro atoms. The van der Waals surface area contributed by atoms with E-state index in [4.69, 9.17) is 5.73 Å². The molecule has 5 heteroatoms. The average molecular weight is 230 g/mol. The van der Waals surface area contributed by atoms with Crippen LogP contribution in [-0.4, -0.2) is 22.5 Å². The van der Waals surface area contributed by atoms with E-state index >= 15 is 0 Å². The summed E-state index contributed by atoms with van der Waals surface area (Å²) >= 11 is 0. The number of anilines is 1. The number of imidazole rings is 1. The van der Waals surface area contributed by atoms with Crippen LogP contribution >= 0.6 is 0 Å². The summed E-state index contributed by atoms with van der Waals surface area (Å²) in [6.07, 6.45) is 3.54. The predicted molar refractivity (Wildman–Crippen MR) is 66.1 cm³/mol. The van der Waals surface area contributed by atoms with Crippen LogP contribution in [-0.2, 0) is 0 Å². The summed E-state index contributed by atoms with van der Waals surface area (Å²) in [6, 6.07) is 5.21. The molecule has 17 heavy (non-hydrogen) atoms. The van der Waals surface area contributed by atoms with Crippen molar-refractivity contribution in [3.63, 3.8) is 0 Å². The summed E-state index contributed by atoms with van der Waals surface area (Å²) in [4.78, 5) is 15.6. The summed E-state index contributed by atoms with van der Waals surface area (Å²) in [5.74, 6) is 0.704. The van der Waals surface area contributed by atoms with Crippen molar-refractivity contribution in [2.24, 2.45) is 0 Å². The number of nitrogens with two attached hydrogens (primary N) is 1. The number of nitrogen functional groups attached to an aromatic ring is 1. The molecule has 5 nitrogen and oxygen atoms in total. The monoisotopic (exact) mass is 230 g/mol. The van der Waals surface area contributed by atoms with E-state index in [1.54, 1.807) is 25.4 Å². The maximum atomic E-state index is 11.4. The molecular formula is C12H14N4O. The van der Waals surface area contributed by atoms with Crippen LogP contribution in [0.5, 0.6) is 0 Å². The van der Waals surface area contributed by atoms with Gasteiger partial charge >= 0.3 is 0 Å². The van der Waals surface area contributed by atoms with E-state index in [0.29, 0.717) is 11.3 Å². The lowest BCUT2D eigenvalue weighted by Gasteiger charge is -2.10. The van der Waals surface area contributed by atoms with Crippen LogP contribution in [0.25, 0.3) is 5.69 Å². The van der Waals surface area contributed by atoms with Crippen LogP contribution < -0.4 is 11.1 Å². The largest absolute Gasteiger partial charge is 0.397 e. The van der Waals surface area contributed by atoms with Crippen molar-refractivity contribution < 1.29 is 4.79 Å². The number of aryl methyl sites for hydroxylation is 1. The Balaban J connectivity index is 2.46. The molecule has 0 aliphatic carbocycles. The van der Waals surface area contributed by atoms with Crippen molar-refractivity contribution in [2.75, 3.05) is 12.8 Å². The highest BCUT2D eigenvalue weighted by Crippen LogP contribution is 2.20. The summed E-state index contributed by atoms with van der Waals surface area (Å²) in [7, 11) is 1.59. The number of nitrogens with one attached hydrogen (secondary N) is 1. The fourth-order valence-electron chi connectivity index (χ4n) is 1.69. The zero-order valence-corrected chi connectivity index (χ0v) is 9.77. The third-order valence-electron chi connectivity index (χ3n) is 2.60. The number of carbonyl (C=O) groups excluding carboxylic acids is 1. The lowest BCUT2D eigenvalue weighted by molar-refractivity contribution is 0.0963. The molecule has 1 heterocycles. The Bertz CT molecular complexity index is 559. The lowest BCUT2D eigenvalue weighted by atomic mass is 10.1. The van der Waals surface area contributed by atoms with Crippen LogP contribution in [0, 0.1) is 6.92 Å². The summed E-state index contributed by atoms with van der Waals surface area (Å²) < 4.78 is 1.88. The minimum Gasteiger partial charge on any atom is -0.397 e. The molecule has 0 bridgehead atoms. The average Bonchev–Trinajstić information content (AvgIpc) is 2.74. The van der Waals surface area contributed by atoms with Gasteiger partial charge in [0, 0.05) is 25.0 Å². The second kappa shape index (κ2) is 4.29. The van der Waals surface area contributed by atoms with Gasteiger partial charge in [0.05, 0.1) is 11.4 Å². The van der Waals surface area contributed by atoms with Crippen LogP contribution in [0.15, 0.2) is 30.6 Å². The summed E-state index contributed by atoms with van der Waals surface area (Å²) in [5.41, 5.74) is 7.87. The third-order valence-corrected chi connectivity index (χ3v) is 2.60. The normalized spacial score (nSPS) is 10.2. The van der Waals surface area contributed by atoms with Gasteiger partial charge in [0.2, 0.25) is 0 Å². The van der Waals surface area contributed by atoms with E-state index in [9.17, 15) is 4.79 Å². The fourth-order valence-corrected chi connectivity index (χ4v) is 1.69. The van der Waals surface area contributed by atoms with Gasteiger partial charge in [-0.3, -0.25) is 4.79 Å². The predicted octanol–water partition coefficient (Wildman–Crippen LogP) is 1.12. The molecule has 0 unspecified atom stereocenters. The Morgan fingerprint density at radius 1 is 1.47 bits per heavy atom. The van der Waals surface area contributed by atoms with E-state index < -0.39 is 0 Å². The highest BCUT2D eigenvalue weighted by molar-refractivity contribution is 5.95. The fraction of sp³-hybridized carbons (Fsp3) is 0.167. The number of carbonyl (C=O) groups is 1. The number of aromatic nitrogens is 2. The Morgan fingerprint density at radius 2 is 2.24 bits per heavy atom. The molecule has 88 valence electrons. The quantitative estimate of drug-likeness (QED) is 0.759. The van der Waals surface area contributed by atoms with Gasteiger partial charge in [-0.15, -0.1) is 0 Å². The van der Waals surface area contributed by atoms with Gasteiger partial charge in [0.15, 0.2) is 0 Å². The Morgan fingerprint density at radius 3 is 2.76 bits per heavy atom. The highest BCUT2D eigenvalue weighted by Gasteiger charge is 2.08. The van der Waals surface area contributed by atoms with Crippen LogP contribution in [0.1, 0.15) is 16.2 Å². The van der Waals surface area contributed by atoms with Gasteiger partial charge in [-0.2, -0.15) is 0 Å². The number of hydrogen-bond donors (Lipinski definition) is 2. The molecule has 0 radical (unpaired) electrons. The summed E-state index contributed by atoms with van der Waals surface area (Å²) in [6.45, 7) is 1.89. The van der Waals surface area contributed by atoms with E-state index in [0.717, 1.165) is 11.5 Å². The van der Waals surface area contributed by atoms with E-state index in [1.165, 1.54) is 0 Å². The first-order chi connectivity index (χ1) is 8.13. The topological polar surface area (TPSA) is 72.9 Å². The molecule has 0 saturated carbocycles. The minimum absolute atomic E-state index is 0.148. The first-order valence-corrected chi connectivity index (χ1v) is 5.25. The zero-order valence-electron chi connectivity index (χ0n) is 9.77. The van der Waals surface area contributed by atoms with Crippen molar-refractivity contribution in [3.8, 4) is 5.69 Å². The first-order valence-electron chi connectivity index (χ1n) is 5.25. The van der Waals surface area contributed by atoms with E-state index in [-0.39, 0.29) is 5.91 Å². The van der Waals surface area contributed by atoms with Crippen molar-refractivity contribution in [1.29, 1.82) is 0 Å². The van der Waals surface area contributed by atoms with Crippen LogP contribution in [0.3, 0.4) is 0 Å². The second-order valence-corrected chi connectivity index (χ2v) is 3.70. The number of benzene rings is 1. The molecule has 0 atom stereocenters. The molecule has 2 aromatic rings. The second-order valence-electron chi connectivity index (χ2n) is 3.70. The number of nitrogens with zero attached hydrogens (tertiary/aromatic N) is 2. The molecule has 1 aromatic carbocycles. The molecule has 0 aliphatic rings. The third kappa shape index (κ3) is 1.99. The van der Waals surface area contributed by atoms with Gasteiger partial charge in [-0.1, -0.05) is 0 Å². The minimum atomic E-state index is -0.148. The van der Waals surface area contributed by atoms with Gasteiger partial charge < -0.3 is 15.6 Å². The maximum Gasteiger partial charge on any atom is 0.251 e. The molecule has 1 amide bonds. The smallest absolute Gasteiger partial charge is 0.251 e. The Kier molecular flexibility index (Phi) is 2.82. The standard InChI is InChI=1S/C12H14N4O/c1-8-15-5-6-16(8)11-4-3-9(7-10(11)13)12(17)14-2/h3-7H,13H2,1-2H3,(H,14,17). The van der Waals surface area contributed by atoms with Crippen LogP contribution in [0.4, 0.5) is 5.69 Å². The van der Waals surface area contributed by atoms with E-state index in [2.05, 4.69) is 10.3 Å². The number of hydrogen-bond acceptors (Lipinski definition) is 3. The van der Waals surface area contributed by atoms with Crippen molar-refractivity contribution in [1.82, 2.24) is 14.9 Å². The molecule has 0 fully saturated rings.